The first kappa shape index (κ1) is 40.8. The molecule has 0 fully saturated rings. The zero-order valence-electron chi connectivity index (χ0n) is 28.3. The van der Waals surface area contributed by atoms with E-state index in [1.54, 1.807) is 82.6 Å². The third-order valence-electron chi connectivity index (χ3n) is 7.44. The van der Waals surface area contributed by atoms with Crippen molar-refractivity contribution in [3.63, 3.8) is 0 Å². The van der Waals surface area contributed by atoms with Gasteiger partial charge in [-0.1, -0.05) is 36.4 Å². The molecule has 52 heavy (non-hydrogen) atoms. The molecule has 0 aliphatic heterocycles. The molecular formula is C36H42N6O10. The molecule has 4 aromatic carbocycles. The molecule has 0 aliphatic carbocycles. The number of amides is 2. The lowest BCUT2D eigenvalue weighted by atomic mass is 10.1. The molecule has 0 unspecified atom stereocenters. The predicted octanol–water partition coefficient (Wildman–Crippen LogP) is 3.27. The van der Waals surface area contributed by atoms with Crippen LogP contribution in [0.15, 0.2) is 97.1 Å². The molecule has 2 amide bonds. The fourth-order valence-corrected chi connectivity index (χ4v) is 5.09. The van der Waals surface area contributed by atoms with Crippen LogP contribution < -0.4 is 10.6 Å². The summed E-state index contributed by atoms with van der Waals surface area (Å²) in [6, 6.07) is 25.8. The van der Waals surface area contributed by atoms with Crippen molar-refractivity contribution < 1.29 is 39.9 Å². The monoisotopic (exact) mass is 718 g/mol. The normalized spacial score (nSPS) is 10.7. The van der Waals surface area contributed by atoms with Gasteiger partial charge in [0.15, 0.2) is 0 Å². The summed E-state index contributed by atoms with van der Waals surface area (Å²) >= 11 is 0. The van der Waals surface area contributed by atoms with Gasteiger partial charge in [-0.05, 0) is 47.5 Å². The van der Waals surface area contributed by atoms with Crippen LogP contribution in [0, 0.1) is 20.2 Å². The van der Waals surface area contributed by atoms with Gasteiger partial charge in [0.25, 0.3) is 23.2 Å². The predicted molar refractivity (Wildman–Crippen MR) is 194 cm³/mol. The van der Waals surface area contributed by atoms with Crippen LogP contribution in [0.4, 0.5) is 22.7 Å². The number of nitrogens with one attached hydrogen (secondary N) is 2. The minimum atomic E-state index is -0.524. The summed E-state index contributed by atoms with van der Waals surface area (Å²) in [6.07, 6.45) is 0. The highest BCUT2D eigenvalue weighted by Crippen LogP contribution is 2.24. The SMILES string of the molecule is O=C(Nc1cc(CN(CCO)CCO)cc([N+](=O)[O-])c1)c1ccccc1.O=C(Nc1cc(CN(CCO)CCO)cc([N+](=O)[O-])c1)c1ccccc1. The maximum absolute atomic E-state index is 12.3. The van der Waals surface area contributed by atoms with E-state index in [2.05, 4.69) is 10.6 Å². The Labute approximate surface area is 299 Å². The number of non-ortho nitro benzene ring substituents is 2. The number of hydrogen-bond acceptors (Lipinski definition) is 12. The van der Waals surface area contributed by atoms with E-state index < -0.39 is 9.85 Å². The maximum Gasteiger partial charge on any atom is 0.271 e. The van der Waals surface area contributed by atoms with Crippen LogP contribution in [-0.4, -0.2) is 104 Å². The van der Waals surface area contributed by atoms with Gasteiger partial charge in [-0.15, -0.1) is 0 Å². The minimum Gasteiger partial charge on any atom is -0.395 e. The summed E-state index contributed by atoms with van der Waals surface area (Å²) in [7, 11) is 0. The zero-order chi connectivity index (χ0) is 37.9. The van der Waals surface area contributed by atoms with Crippen LogP contribution in [0.1, 0.15) is 31.8 Å². The highest BCUT2D eigenvalue weighted by molar-refractivity contribution is 6.05. The average molecular weight is 719 g/mol. The molecule has 0 aromatic heterocycles. The number of benzene rings is 4. The molecule has 0 saturated carbocycles. The van der Waals surface area contributed by atoms with Gasteiger partial charge in [-0.3, -0.25) is 39.6 Å². The number of aliphatic hydroxyl groups is 4. The molecule has 0 heterocycles. The lowest BCUT2D eigenvalue weighted by Crippen LogP contribution is -2.29. The summed E-state index contributed by atoms with van der Waals surface area (Å²) in [5, 5.41) is 64.1. The van der Waals surface area contributed by atoms with Gasteiger partial charge in [-0.25, -0.2) is 0 Å². The van der Waals surface area contributed by atoms with Crippen molar-refractivity contribution in [2.24, 2.45) is 0 Å². The van der Waals surface area contributed by atoms with Gasteiger partial charge >= 0.3 is 0 Å². The van der Waals surface area contributed by atoms with E-state index in [1.807, 2.05) is 0 Å². The number of carbonyl (C=O) groups is 2. The Hall–Kier alpha value is -5.62. The van der Waals surface area contributed by atoms with Crippen LogP contribution in [0.3, 0.4) is 0 Å². The van der Waals surface area contributed by atoms with E-state index in [0.717, 1.165) is 0 Å². The lowest BCUT2D eigenvalue weighted by Gasteiger charge is -2.20. The average Bonchev–Trinajstić information content (AvgIpc) is 3.13. The van der Waals surface area contributed by atoms with Crippen LogP contribution in [-0.2, 0) is 13.1 Å². The van der Waals surface area contributed by atoms with Crippen molar-refractivity contribution in [3.05, 3.63) is 140 Å². The molecule has 4 aromatic rings. The fourth-order valence-electron chi connectivity index (χ4n) is 5.09. The minimum absolute atomic E-state index is 0.0907. The molecule has 0 spiro atoms. The molecule has 0 radical (unpaired) electrons. The van der Waals surface area contributed by atoms with Crippen molar-refractivity contribution in [2.45, 2.75) is 13.1 Å². The number of rotatable bonds is 18. The zero-order valence-corrected chi connectivity index (χ0v) is 28.3. The molecule has 16 nitrogen and oxygen atoms in total. The molecule has 0 saturated heterocycles. The Bertz CT molecular complexity index is 1620. The van der Waals surface area contributed by atoms with Crippen LogP contribution in [0.2, 0.25) is 0 Å². The molecule has 0 atom stereocenters. The van der Waals surface area contributed by atoms with E-state index in [4.69, 9.17) is 20.4 Å². The van der Waals surface area contributed by atoms with E-state index in [0.29, 0.717) is 72.9 Å². The number of nitro benzene ring substituents is 2. The Morgan fingerprint density at radius 3 is 1.15 bits per heavy atom. The number of aliphatic hydroxyl groups excluding tert-OH is 4. The van der Waals surface area contributed by atoms with E-state index >= 15 is 0 Å². The summed E-state index contributed by atoms with van der Waals surface area (Å²) in [5.41, 5.74) is 2.45. The first-order valence-electron chi connectivity index (χ1n) is 16.2. The number of nitro groups is 2. The molecule has 276 valence electrons. The van der Waals surface area contributed by atoms with E-state index in [-0.39, 0.29) is 49.6 Å². The van der Waals surface area contributed by atoms with Gasteiger partial charge in [-0.2, -0.15) is 0 Å². The highest BCUT2D eigenvalue weighted by Gasteiger charge is 2.16. The summed E-state index contributed by atoms with van der Waals surface area (Å²) in [6.45, 7) is 1.56. The Balaban J connectivity index is 0.000000280. The van der Waals surface area contributed by atoms with Crippen molar-refractivity contribution in [3.8, 4) is 0 Å². The van der Waals surface area contributed by atoms with Gasteiger partial charge in [0.1, 0.15) is 0 Å². The molecule has 6 N–H and O–H groups in total. The largest absolute Gasteiger partial charge is 0.395 e. The van der Waals surface area contributed by atoms with Crippen molar-refractivity contribution in [1.82, 2.24) is 9.80 Å². The molecule has 0 aliphatic rings. The topological polar surface area (TPSA) is 232 Å². The standard InChI is InChI=1S/2C18H21N3O5/c2*22-8-6-20(7-9-23)13-14-10-16(12-17(11-14)21(25)26)19-18(24)15-4-2-1-3-5-15/h2*1-5,10-12,22-23H,6-9,13H2,(H,19,24). The number of nitrogens with zero attached hydrogens (tertiary/aromatic N) is 4. The first-order valence-corrected chi connectivity index (χ1v) is 16.2. The third kappa shape index (κ3) is 13.6. The van der Waals surface area contributed by atoms with E-state index in [1.165, 1.54) is 24.3 Å². The van der Waals surface area contributed by atoms with Crippen LogP contribution >= 0.6 is 0 Å². The summed E-state index contributed by atoms with van der Waals surface area (Å²) in [4.78, 5) is 49.4. The smallest absolute Gasteiger partial charge is 0.271 e. The van der Waals surface area contributed by atoms with E-state index in [9.17, 15) is 29.8 Å². The third-order valence-corrected chi connectivity index (χ3v) is 7.44. The molecule has 4 rings (SSSR count). The Kier molecular flexibility index (Phi) is 16.9. The van der Waals surface area contributed by atoms with Gasteiger partial charge in [0.05, 0.1) is 36.3 Å². The quantitative estimate of drug-likeness (QED) is 0.0643. The second-order valence-electron chi connectivity index (χ2n) is 11.4. The first-order chi connectivity index (χ1) is 25.1. The molecule has 16 heteroatoms. The highest BCUT2D eigenvalue weighted by atomic mass is 16.6. The maximum atomic E-state index is 12.3. The fraction of sp³-hybridized carbons (Fsp3) is 0.278. The summed E-state index contributed by atoms with van der Waals surface area (Å²) in [5.74, 6) is -0.723. The second kappa shape index (κ2) is 21.6. The van der Waals surface area contributed by atoms with Crippen LogP contribution in [0.25, 0.3) is 0 Å². The Morgan fingerprint density at radius 1 is 0.538 bits per heavy atom. The number of anilines is 2. The summed E-state index contributed by atoms with van der Waals surface area (Å²) < 4.78 is 0. The van der Waals surface area contributed by atoms with Gasteiger partial charge in [0, 0.05) is 86.0 Å². The molecule has 0 bridgehead atoms. The van der Waals surface area contributed by atoms with Crippen molar-refractivity contribution in [1.29, 1.82) is 0 Å². The molecular weight excluding hydrogens is 676 g/mol. The van der Waals surface area contributed by atoms with Crippen molar-refractivity contribution >= 4 is 34.6 Å². The second-order valence-corrected chi connectivity index (χ2v) is 11.4. The Morgan fingerprint density at radius 2 is 0.865 bits per heavy atom. The van der Waals surface area contributed by atoms with Crippen molar-refractivity contribution in [2.75, 3.05) is 63.2 Å². The number of carbonyl (C=O) groups excluding carboxylic acids is 2. The van der Waals surface area contributed by atoms with Gasteiger partial charge < -0.3 is 31.1 Å². The lowest BCUT2D eigenvalue weighted by molar-refractivity contribution is -0.385. The number of hydrogen-bond donors (Lipinski definition) is 6. The van der Waals surface area contributed by atoms with Crippen LogP contribution in [0.5, 0.6) is 0 Å². The van der Waals surface area contributed by atoms with Gasteiger partial charge in [0.2, 0.25) is 0 Å².